The summed E-state index contributed by atoms with van der Waals surface area (Å²) < 4.78 is 16.9. The van der Waals surface area contributed by atoms with E-state index in [4.69, 9.17) is 10.5 Å². The van der Waals surface area contributed by atoms with Gasteiger partial charge in [0.1, 0.15) is 5.75 Å². The van der Waals surface area contributed by atoms with Crippen LogP contribution in [0.4, 0.5) is 0 Å². The molecule has 1 aliphatic heterocycles. The molecular formula is C9H18N2O3S. The topological polar surface area (TPSA) is 81.4 Å². The van der Waals surface area contributed by atoms with Crippen molar-refractivity contribution in [1.29, 1.82) is 0 Å². The van der Waals surface area contributed by atoms with Gasteiger partial charge < -0.3 is 15.8 Å². The molecule has 1 amide bonds. The Hall–Kier alpha value is -0.460. The second-order valence-electron chi connectivity index (χ2n) is 3.52. The summed E-state index contributed by atoms with van der Waals surface area (Å²) in [5.74, 6) is 0.326. The van der Waals surface area contributed by atoms with Crippen molar-refractivity contribution >= 4 is 16.7 Å². The molecule has 0 bridgehead atoms. The minimum Gasteiger partial charge on any atom is -0.377 e. The van der Waals surface area contributed by atoms with Crippen molar-refractivity contribution in [2.45, 2.75) is 18.9 Å². The van der Waals surface area contributed by atoms with Gasteiger partial charge in [-0.25, -0.2) is 0 Å². The van der Waals surface area contributed by atoms with Crippen molar-refractivity contribution in [3.8, 4) is 0 Å². The Balaban J connectivity index is 2.14. The van der Waals surface area contributed by atoms with Gasteiger partial charge >= 0.3 is 0 Å². The Morgan fingerprint density at radius 1 is 1.60 bits per heavy atom. The fourth-order valence-electron chi connectivity index (χ4n) is 1.45. The van der Waals surface area contributed by atoms with Gasteiger partial charge in [0.25, 0.3) is 0 Å². The van der Waals surface area contributed by atoms with Crippen LogP contribution in [-0.4, -0.2) is 47.4 Å². The van der Waals surface area contributed by atoms with Crippen molar-refractivity contribution in [3.05, 3.63) is 0 Å². The van der Waals surface area contributed by atoms with E-state index in [1.54, 1.807) is 0 Å². The van der Waals surface area contributed by atoms with Gasteiger partial charge in [0, 0.05) is 30.5 Å². The number of nitrogens with one attached hydrogen (secondary N) is 1. The third-order valence-corrected chi connectivity index (χ3v) is 3.48. The fraction of sp³-hybridized carbons (Fsp3) is 0.889. The maximum atomic E-state index is 11.5. The van der Waals surface area contributed by atoms with Crippen molar-refractivity contribution in [3.63, 3.8) is 0 Å². The van der Waals surface area contributed by atoms with Crippen LogP contribution in [0.5, 0.6) is 0 Å². The third kappa shape index (κ3) is 5.25. The molecule has 0 radical (unpaired) electrons. The van der Waals surface area contributed by atoms with E-state index in [-0.39, 0.29) is 17.8 Å². The largest absolute Gasteiger partial charge is 0.377 e. The monoisotopic (exact) mass is 234 g/mol. The lowest BCUT2D eigenvalue weighted by Crippen LogP contribution is -2.33. The molecule has 0 aromatic heterocycles. The summed E-state index contributed by atoms with van der Waals surface area (Å²) in [7, 11) is -1.12. The lowest BCUT2D eigenvalue weighted by molar-refractivity contribution is -0.118. The number of nitrogens with two attached hydrogens (primary N) is 1. The smallest absolute Gasteiger partial charge is 0.232 e. The van der Waals surface area contributed by atoms with E-state index in [0.717, 1.165) is 19.4 Å². The zero-order valence-corrected chi connectivity index (χ0v) is 9.55. The van der Waals surface area contributed by atoms with E-state index in [2.05, 4.69) is 5.32 Å². The second-order valence-corrected chi connectivity index (χ2v) is 5.03. The van der Waals surface area contributed by atoms with E-state index < -0.39 is 10.8 Å². The van der Waals surface area contributed by atoms with Crippen LogP contribution in [0.1, 0.15) is 12.8 Å². The van der Waals surface area contributed by atoms with Crippen LogP contribution in [0.25, 0.3) is 0 Å². The molecule has 0 aliphatic carbocycles. The Morgan fingerprint density at radius 2 is 2.40 bits per heavy atom. The first kappa shape index (κ1) is 12.6. The normalized spacial score (nSPS) is 22.6. The van der Waals surface area contributed by atoms with Gasteiger partial charge in [-0.15, -0.1) is 0 Å². The first-order valence-electron chi connectivity index (χ1n) is 5.15. The highest BCUT2D eigenvalue weighted by Crippen LogP contribution is 2.12. The zero-order chi connectivity index (χ0) is 11.1. The molecule has 2 unspecified atom stereocenters. The first-order valence-corrected chi connectivity index (χ1v) is 6.64. The number of ether oxygens (including phenoxy) is 1. The number of carbonyl (C=O) groups excluding carboxylic acids is 1. The lowest BCUT2D eigenvalue weighted by atomic mass is 10.3. The van der Waals surface area contributed by atoms with E-state index in [1.807, 2.05) is 0 Å². The Labute approximate surface area is 92.2 Å². The van der Waals surface area contributed by atoms with Crippen molar-refractivity contribution in [2.75, 3.05) is 31.2 Å². The van der Waals surface area contributed by atoms with E-state index in [9.17, 15) is 9.00 Å². The van der Waals surface area contributed by atoms with Gasteiger partial charge in [0.2, 0.25) is 5.91 Å². The first-order chi connectivity index (χ1) is 7.22. The molecule has 1 aliphatic rings. The van der Waals surface area contributed by atoms with Gasteiger partial charge in [0.05, 0.1) is 11.9 Å². The Kier molecular flexibility index (Phi) is 5.82. The van der Waals surface area contributed by atoms with Gasteiger partial charge in [-0.2, -0.15) is 0 Å². The van der Waals surface area contributed by atoms with Crippen LogP contribution in [0.3, 0.4) is 0 Å². The highest BCUT2D eigenvalue weighted by atomic mass is 32.2. The van der Waals surface area contributed by atoms with E-state index >= 15 is 0 Å². The minimum absolute atomic E-state index is 0.0554. The maximum Gasteiger partial charge on any atom is 0.232 e. The summed E-state index contributed by atoms with van der Waals surface area (Å²) in [6.07, 6.45) is 2.06. The average Bonchev–Trinajstić information content (AvgIpc) is 2.67. The molecule has 0 spiro atoms. The van der Waals surface area contributed by atoms with Crippen LogP contribution in [-0.2, 0) is 20.3 Å². The summed E-state index contributed by atoms with van der Waals surface area (Å²) >= 11 is 0. The molecule has 6 heteroatoms. The third-order valence-electron chi connectivity index (χ3n) is 2.15. The molecule has 15 heavy (non-hydrogen) atoms. The van der Waals surface area contributed by atoms with E-state index in [1.165, 1.54) is 0 Å². The molecule has 1 fully saturated rings. The number of hydrogen-bond donors (Lipinski definition) is 2. The van der Waals surface area contributed by atoms with Crippen molar-refractivity contribution < 1.29 is 13.7 Å². The quantitative estimate of drug-likeness (QED) is 0.617. The molecule has 2 atom stereocenters. The molecule has 0 aromatic rings. The molecule has 5 nitrogen and oxygen atoms in total. The highest BCUT2D eigenvalue weighted by Gasteiger charge is 2.19. The maximum absolute atomic E-state index is 11.5. The molecule has 3 N–H and O–H groups in total. The predicted octanol–water partition coefficient (Wildman–Crippen LogP) is -1.01. The summed E-state index contributed by atoms with van der Waals surface area (Å²) in [5.41, 5.74) is 5.23. The zero-order valence-electron chi connectivity index (χ0n) is 8.74. The van der Waals surface area contributed by atoms with Crippen LogP contribution in [0.15, 0.2) is 0 Å². The predicted molar refractivity (Wildman–Crippen MR) is 58.9 cm³/mol. The average molecular weight is 234 g/mol. The van der Waals surface area contributed by atoms with Gasteiger partial charge in [-0.3, -0.25) is 9.00 Å². The molecule has 1 rings (SSSR count). The van der Waals surface area contributed by atoms with Gasteiger partial charge in [0.15, 0.2) is 0 Å². The molecule has 0 saturated carbocycles. The lowest BCUT2D eigenvalue weighted by Gasteiger charge is -2.08. The summed E-state index contributed by atoms with van der Waals surface area (Å²) in [6, 6.07) is 0. The minimum atomic E-state index is -1.12. The molecule has 1 heterocycles. The van der Waals surface area contributed by atoms with E-state index in [0.29, 0.717) is 18.8 Å². The standard InChI is InChI=1S/C9H18N2O3S/c10-3-4-11-9(12)7-15(13)6-8-2-1-5-14-8/h8H,1-7,10H2,(H,11,12). The van der Waals surface area contributed by atoms with Crippen LogP contribution in [0, 0.1) is 0 Å². The molecule has 0 aromatic carbocycles. The summed E-state index contributed by atoms with van der Waals surface area (Å²) in [5, 5.41) is 2.59. The Morgan fingerprint density at radius 3 is 3.00 bits per heavy atom. The highest BCUT2D eigenvalue weighted by molar-refractivity contribution is 7.85. The molecule has 1 saturated heterocycles. The molecule has 88 valence electrons. The van der Waals surface area contributed by atoms with Gasteiger partial charge in [-0.05, 0) is 12.8 Å². The number of hydrogen-bond acceptors (Lipinski definition) is 4. The second kappa shape index (κ2) is 6.92. The van der Waals surface area contributed by atoms with Crippen molar-refractivity contribution in [2.24, 2.45) is 5.73 Å². The number of amides is 1. The fourth-order valence-corrected chi connectivity index (χ4v) is 2.64. The van der Waals surface area contributed by atoms with Crippen LogP contribution in [0.2, 0.25) is 0 Å². The SMILES string of the molecule is NCCNC(=O)CS(=O)CC1CCCO1. The summed E-state index contributed by atoms with van der Waals surface area (Å²) in [4.78, 5) is 11.2. The molecular weight excluding hydrogens is 216 g/mol. The Bertz CT molecular complexity index is 229. The van der Waals surface area contributed by atoms with Crippen LogP contribution < -0.4 is 11.1 Å². The number of rotatable bonds is 6. The number of carbonyl (C=O) groups is 1. The van der Waals surface area contributed by atoms with Crippen molar-refractivity contribution in [1.82, 2.24) is 5.32 Å². The van der Waals surface area contributed by atoms with Crippen LogP contribution >= 0.6 is 0 Å². The summed E-state index contributed by atoms with van der Waals surface area (Å²) in [6.45, 7) is 1.60. The van der Waals surface area contributed by atoms with Gasteiger partial charge in [-0.1, -0.05) is 0 Å².